The minimum absolute atomic E-state index is 0.0232. The molecule has 2 aromatic carbocycles. The van der Waals surface area contributed by atoms with Crippen LogP contribution in [-0.4, -0.2) is 124 Å². The predicted octanol–water partition coefficient (Wildman–Crippen LogP) is 8.29. The SMILES string of the molecule is CCC(=O)NCCCCCC(=O)NCCCN(CCOC12CC3(C)CC(C)(CC(Cn4ncc(-c5ccc(N6CCc7cccc(C(=O)Nc8nc9ccccc9s8)c7C6)nc5C(=O)O)c4C)(C3)C1)C2)CCS(=O)(=O)O. The highest BCUT2D eigenvalue weighted by atomic mass is 32.2. The Morgan fingerprint density at radius 3 is 2.36 bits per heavy atom. The van der Waals surface area contributed by atoms with E-state index in [0.29, 0.717) is 106 Å². The van der Waals surface area contributed by atoms with Crippen molar-refractivity contribution in [2.45, 2.75) is 130 Å². The van der Waals surface area contributed by atoms with Gasteiger partial charge in [0.05, 0.1) is 34.4 Å². The highest BCUT2D eigenvalue weighted by Gasteiger charge is 2.66. The van der Waals surface area contributed by atoms with Gasteiger partial charge in [-0.3, -0.25) is 33.8 Å². The van der Waals surface area contributed by atoms with Crippen LogP contribution in [0.4, 0.5) is 10.9 Å². The molecule has 20 heteroatoms. The fraction of sp³-hybridized carbons (Fsp3) is 0.554. The summed E-state index contributed by atoms with van der Waals surface area (Å²) in [7, 11) is -4.19. The van der Waals surface area contributed by atoms with Crippen molar-refractivity contribution in [1.29, 1.82) is 0 Å². The van der Waals surface area contributed by atoms with Gasteiger partial charge in [0.15, 0.2) is 10.8 Å². The van der Waals surface area contributed by atoms with Gasteiger partial charge in [0.2, 0.25) is 11.8 Å². The van der Waals surface area contributed by atoms with Crippen molar-refractivity contribution in [1.82, 2.24) is 35.3 Å². The number of aromatic carboxylic acids is 1. The Kier molecular flexibility index (Phi) is 16.4. The zero-order valence-electron chi connectivity index (χ0n) is 44.3. The zero-order chi connectivity index (χ0) is 53.9. The van der Waals surface area contributed by atoms with Gasteiger partial charge in [-0.25, -0.2) is 14.8 Å². The molecular formula is C56H73N9O9S2. The Bertz CT molecular complexity index is 3030. The van der Waals surface area contributed by atoms with Crippen molar-refractivity contribution in [3.05, 3.63) is 88.9 Å². The number of amides is 3. The van der Waals surface area contributed by atoms with Crippen LogP contribution in [0.1, 0.15) is 135 Å². The first-order valence-corrected chi connectivity index (χ1v) is 29.3. The topological polar surface area (TPSA) is 238 Å². The average molecular weight is 1080 g/mol. The first-order chi connectivity index (χ1) is 36.2. The second-order valence-electron chi connectivity index (χ2n) is 22.8. The molecule has 18 nitrogen and oxygen atoms in total. The lowest BCUT2D eigenvalue weighted by atomic mass is 9.39. The molecule has 10 rings (SSSR count). The third-order valence-electron chi connectivity index (χ3n) is 16.1. The maximum atomic E-state index is 13.7. The maximum absolute atomic E-state index is 13.7. The molecule has 76 heavy (non-hydrogen) atoms. The largest absolute Gasteiger partial charge is 0.476 e. The number of hydrogen-bond acceptors (Lipinski definition) is 13. The number of aromatic nitrogens is 4. The first kappa shape index (κ1) is 55.0. The van der Waals surface area contributed by atoms with Gasteiger partial charge in [-0.2, -0.15) is 13.5 Å². The van der Waals surface area contributed by atoms with Crippen LogP contribution in [0.25, 0.3) is 21.3 Å². The molecule has 3 amide bonds. The minimum atomic E-state index is -4.19. The molecule has 4 aliphatic carbocycles. The summed E-state index contributed by atoms with van der Waals surface area (Å²) < 4.78 is 43.4. The molecule has 3 aromatic heterocycles. The molecule has 2 atom stereocenters. The highest BCUT2D eigenvalue weighted by molar-refractivity contribution is 7.85. The molecule has 4 heterocycles. The Labute approximate surface area is 449 Å². The number of fused-ring (bicyclic) bond motifs is 2. The molecule has 5 aromatic rings. The van der Waals surface area contributed by atoms with E-state index in [1.807, 2.05) is 82.9 Å². The van der Waals surface area contributed by atoms with Crippen LogP contribution >= 0.6 is 11.3 Å². The number of hydrogen-bond donors (Lipinski definition) is 5. The first-order valence-electron chi connectivity index (χ1n) is 26.9. The highest BCUT2D eigenvalue weighted by Crippen LogP contribution is 2.72. The number of carboxylic acid groups (broad SMARTS) is 1. The van der Waals surface area contributed by atoms with Crippen molar-refractivity contribution in [3.8, 4) is 11.1 Å². The summed E-state index contributed by atoms with van der Waals surface area (Å²) in [5, 5.41) is 25.0. The summed E-state index contributed by atoms with van der Waals surface area (Å²) in [5.74, 6) is -1.29. The number of ether oxygens (including phenoxy) is 1. The second kappa shape index (κ2) is 22.7. The maximum Gasteiger partial charge on any atom is 0.355 e. The molecule has 4 fully saturated rings. The standard InChI is InChI=1S/C56H73N9O9S2/c1-5-47(66)57-21-10-6-7-17-48(67)58-22-12-23-63(26-28-76(71,72)73)25-27-74-56-34-53(3)31-54(4,35-56)33-55(32-53,36-56)37-65-38(2)42(29-59-65)40-18-19-46(61-49(40)51(69)70)64-24-20-39-13-11-14-41(43(39)30-64)50(68)62-52-60-44-15-8-9-16-45(44)75-52/h8-9,11,13-16,18-19,29H,5-7,10,12,17,20-28,30-37H2,1-4H3,(H,57,66)(H,58,67)(H,69,70)(H,60,62,68)(H,71,72,73). The van der Waals surface area contributed by atoms with Crippen molar-refractivity contribution in [2.24, 2.45) is 16.2 Å². The summed E-state index contributed by atoms with van der Waals surface area (Å²) in [6.07, 6.45) is 12.1. The fourth-order valence-electron chi connectivity index (χ4n) is 14.0. The van der Waals surface area contributed by atoms with E-state index in [4.69, 9.17) is 14.8 Å². The van der Waals surface area contributed by atoms with Gasteiger partial charge in [0.1, 0.15) is 5.82 Å². The molecule has 0 spiro atoms. The van der Waals surface area contributed by atoms with E-state index in [-0.39, 0.29) is 46.2 Å². The Hall–Kier alpha value is -5.80. The van der Waals surface area contributed by atoms with Crippen molar-refractivity contribution in [3.63, 3.8) is 0 Å². The Morgan fingerprint density at radius 2 is 1.61 bits per heavy atom. The number of carbonyl (C=O) groups is 4. The van der Waals surface area contributed by atoms with Crippen LogP contribution in [0.15, 0.2) is 60.8 Å². The second-order valence-corrected chi connectivity index (χ2v) is 25.4. The predicted molar refractivity (Wildman–Crippen MR) is 293 cm³/mol. The van der Waals surface area contributed by atoms with E-state index < -0.39 is 27.4 Å². The van der Waals surface area contributed by atoms with Crippen LogP contribution < -0.4 is 20.9 Å². The molecule has 408 valence electrons. The number of nitrogens with one attached hydrogen (secondary N) is 3. The molecule has 2 unspecified atom stereocenters. The average Bonchev–Trinajstić information content (AvgIpc) is 4.01. The number of para-hydroxylation sites is 1. The Morgan fingerprint density at radius 1 is 0.842 bits per heavy atom. The molecule has 0 radical (unpaired) electrons. The smallest absolute Gasteiger partial charge is 0.355 e. The van der Waals surface area contributed by atoms with Crippen LogP contribution in [0.2, 0.25) is 0 Å². The third-order valence-corrected chi connectivity index (χ3v) is 17.8. The van der Waals surface area contributed by atoms with Gasteiger partial charge in [0, 0.05) is 81.0 Å². The molecule has 4 bridgehead atoms. The van der Waals surface area contributed by atoms with E-state index in [0.717, 1.165) is 84.8 Å². The van der Waals surface area contributed by atoms with Crippen LogP contribution in [0, 0.1) is 23.2 Å². The van der Waals surface area contributed by atoms with Crippen LogP contribution in [-0.2, 0) is 44.0 Å². The zero-order valence-corrected chi connectivity index (χ0v) is 45.9. The summed E-state index contributed by atoms with van der Waals surface area (Å²) in [6.45, 7) is 12.8. The molecule has 0 saturated heterocycles. The lowest BCUT2D eigenvalue weighted by molar-refractivity contribution is -0.248. The van der Waals surface area contributed by atoms with E-state index in [9.17, 15) is 37.3 Å². The normalized spacial score (nSPS) is 22.7. The minimum Gasteiger partial charge on any atom is -0.476 e. The van der Waals surface area contributed by atoms with Crippen molar-refractivity contribution in [2.75, 3.05) is 61.8 Å². The number of thiazole rings is 1. The number of pyridine rings is 1. The van der Waals surface area contributed by atoms with Crippen LogP contribution in [0.3, 0.4) is 0 Å². The number of rotatable bonds is 25. The number of carbonyl (C=O) groups excluding carboxylic acids is 3. The molecular weight excluding hydrogens is 1010 g/mol. The van der Waals surface area contributed by atoms with Gasteiger partial charge in [-0.1, -0.05) is 62.8 Å². The lowest BCUT2D eigenvalue weighted by Crippen LogP contribution is -2.64. The molecule has 4 saturated carbocycles. The van der Waals surface area contributed by atoms with Gasteiger partial charge < -0.3 is 25.4 Å². The molecule has 5 aliphatic rings. The summed E-state index contributed by atoms with van der Waals surface area (Å²) in [4.78, 5) is 64.1. The third kappa shape index (κ3) is 13.0. The van der Waals surface area contributed by atoms with E-state index in [1.165, 1.54) is 11.3 Å². The number of carboxylic acids is 1. The van der Waals surface area contributed by atoms with Crippen molar-refractivity contribution < 1.29 is 42.0 Å². The summed E-state index contributed by atoms with van der Waals surface area (Å²) in [5.41, 5.74) is 4.83. The van der Waals surface area contributed by atoms with E-state index in [2.05, 4.69) is 34.8 Å². The van der Waals surface area contributed by atoms with Crippen LogP contribution in [0.5, 0.6) is 0 Å². The molecule has 1 aliphatic heterocycles. The summed E-state index contributed by atoms with van der Waals surface area (Å²) in [6, 6.07) is 17.2. The quantitative estimate of drug-likeness (QED) is 0.0273. The number of anilines is 2. The van der Waals surface area contributed by atoms with E-state index >= 15 is 0 Å². The number of unbranched alkanes of at least 4 members (excludes halogenated alkanes) is 2. The lowest BCUT2D eigenvalue weighted by Gasteiger charge is -2.69. The number of benzene rings is 2. The monoisotopic (exact) mass is 1080 g/mol. The Balaban J connectivity index is 0.839. The summed E-state index contributed by atoms with van der Waals surface area (Å²) >= 11 is 1.42. The van der Waals surface area contributed by atoms with Gasteiger partial charge in [-0.05, 0) is 135 Å². The van der Waals surface area contributed by atoms with Gasteiger partial charge in [0.25, 0.3) is 16.0 Å². The number of nitrogens with zero attached hydrogens (tertiary/aromatic N) is 6. The van der Waals surface area contributed by atoms with E-state index in [1.54, 1.807) is 6.20 Å². The van der Waals surface area contributed by atoms with Crippen molar-refractivity contribution >= 4 is 66.3 Å². The molecule has 5 N–H and O–H groups in total. The van der Waals surface area contributed by atoms with Gasteiger partial charge in [-0.15, -0.1) is 0 Å². The van der Waals surface area contributed by atoms with Gasteiger partial charge >= 0.3 is 5.97 Å². The fourth-order valence-corrected chi connectivity index (χ4v) is 15.3.